The smallest absolute Gasteiger partial charge is 0.242 e. The van der Waals surface area contributed by atoms with Gasteiger partial charge in [0.15, 0.2) is 0 Å². The van der Waals surface area contributed by atoms with E-state index in [1.165, 1.54) is 12.8 Å². The van der Waals surface area contributed by atoms with E-state index >= 15 is 0 Å². The summed E-state index contributed by atoms with van der Waals surface area (Å²) in [5.41, 5.74) is 0.908. The first kappa shape index (κ1) is 15.4. The molecule has 0 radical (unpaired) electrons. The van der Waals surface area contributed by atoms with Crippen LogP contribution in [0.15, 0.2) is 12.4 Å². The molecule has 0 saturated heterocycles. The summed E-state index contributed by atoms with van der Waals surface area (Å²) < 4.78 is 1.72. The molecule has 0 spiro atoms. The molecule has 0 aliphatic heterocycles. The van der Waals surface area contributed by atoms with E-state index in [1.54, 1.807) is 10.9 Å². The summed E-state index contributed by atoms with van der Waals surface area (Å²) in [6.07, 6.45) is 7.13. The minimum absolute atomic E-state index is 0.0501. The molecular weight excluding hydrogens is 272 g/mol. The number of aromatic nitrogens is 2. The zero-order valence-electron chi connectivity index (χ0n) is 12.4. The Morgan fingerprint density at radius 1 is 1.60 bits per heavy atom. The molecule has 20 heavy (non-hydrogen) atoms. The Morgan fingerprint density at radius 3 is 3.00 bits per heavy atom. The SMILES string of the molecule is CCSC1CCCC1NC(=O)C(NC)c1cnn(C)c1. The van der Waals surface area contributed by atoms with Crippen LogP contribution in [-0.2, 0) is 11.8 Å². The molecule has 1 aliphatic rings. The van der Waals surface area contributed by atoms with E-state index in [4.69, 9.17) is 0 Å². The third kappa shape index (κ3) is 3.55. The fraction of sp³-hybridized carbons (Fsp3) is 0.714. The molecule has 2 N–H and O–H groups in total. The normalized spacial score (nSPS) is 23.8. The van der Waals surface area contributed by atoms with Gasteiger partial charge in [0.25, 0.3) is 0 Å². The number of carbonyl (C=O) groups excluding carboxylic acids is 1. The van der Waals surface area contributed by atoms with Crippen molar-refractivity contribution in [1.82, 2.24) is 20.4 Å². The van der Waals surface area contributed by atoms with E-state index in [-0.39, 0.29) is 11.9 Å². The molecule has 112 valence electrons. The lowest BCUT2D eigenvalue weighted by molar-refractivity contribution is -0.123. The molecule has 1 amide bonds. The Bertz CT molecular complexity index is 448. The zero-order chi connectivity index (χ0) is 14.5. The van der Waals surface area contributed by atoms with Crippen molar-refractivity contribution in [1.29, 1.82) is 0 Å². The molecule has 3 atom stereocenters. The van der Waals surface area contributed by atoms with Gasteiger partial charge in [-0.3, -0.25) is 9.48 Å². The van der Waals surface area contributed by atoms with Gasteiger partial charge in [0.1, 0.15) is 6.04 Å². The van der Waals surface area contributed by atoms with Gasteiger partial charge in [-0.05, 0) is 25.6 Å². The molecule has 5 nitrogen and oxygen atoms in total. The van der Waals surface area contributed by atoms with Gasteiger partial charge in [-0.1, -0.05) is 13.3 Å². The largest absolute Gasteiger partial charge is 0.351 e. The van der Waals surface area contributed by atoms with E-state index in [1.807, 2.05) is 32.1 Å². The highest BCUT2D eigenvalue weighted by Crippen LogP contribution is 2.30. The van der Waals surface area contributed by atoms with Crippen molar-refractivity contribution in [2.24, 2.45) is 7.05 Å². The van der Waals surface area contributed by atoms with Crippen LogP contribution in [0, 0.1) is 0 Å². The molecule has 0 bridgehead atoms. The Hall–Kier alpha value is -1.01. The summed E-state index contributed by atoms with van der Waals surface area (Å²) in [5, 5.41) is 11.0. The van der Waals surface area contributed by atoms with Crippen molar-refractivity contribution in [2.75, 3.05) is 12.8 Å². The van der Waals surface area contributed by atoms with Crippen molar-refractivity contribution < 1.29 is 4.79 Å². The molecule has 2 rings (SSSR count). The van der Waals surface area contributed by atoms with Gasteiger partial charge in [0.05, 0.1) is 6.20 Å². The summed E-state index contributed by atoms with van der Waals surface area (Å²) in [5.74, 6) is 1.16. The average molecular weight is 296 g/mol. The lowest BCUT2D eigenvalue weighted by atomic mass is 10.1. The molecular formula is C14H24N4OS. The topological polar surface area (TPSA) is 59.0 Å². The van der Waals surface area contributed by atoms with E-state index < -0.39 is 0 Å². The Balaban J connectivity index is 1.99. The number of carbonyl (C=O) groups is 1. The van der Waals surface area contributed by atoms with E-state index in [0.717, 1.165) is 17.7 Å². The molecule has 1 aromatic heterocycles. The predicted molar refractivity (Wildman–Crippen MR) is 82.7 cm³/mol. The number of thioether (sulfide) groups is 1. The van der Waals surface area contributed by atoms with Gasteiger partial charge in [-0.15, -0.1) is 0 Å². The van der Waals surface area contributed by atoms with Crippen LogP contribution < -0.4 is 10.6 Å². The van der Waals surface area contributed by atoms with Crippen molar-refractivity contribution >= 4 is 17.7 Å². The van der Waals surface area contributed by atoms with E-state index in [0.29, 0.717) is 11.3 Å². The number of nitrogens with zero attached hydrogens (tertiary/aromatic N) is 2. The van der Waals surface area contributed by atoms with Crippen LogP contribution in [0.25, 0.3) is 0 Å². The highest BCUT2D eigenvalue weighted by atomic mass is 32.2. The van der Waals surface area contributed by atoms with Crippen molar-refractivity contribution in [3.63, 3.8) is 0 Å². The molecule has 1 fully saturated rings. The quantitative estimate of drug-likeness (QED) is 0.834. The van der Waals surface area contributed by atoms with Crippen LogP contribution in [-0.4, -0.2) is 39.8 Å². The van der Waals surface area contributed by atoms with Gasteiger partial charge in [0.2, 0.25) is 5.91 Å². The standard InChI is InChI=1S/C14H24N4OS/c1-4-20-12-7-5-6-11(12)17-14(19)13(15-2)10-8-16-18(3)9-10/h8-9,11-13,15H,4-7H2,1-3H3,(H,17,19). The highest BCUT2D eigenvalue weighted by Gasteiger charge is 2.30. The van der Waals surface area contributed by atoms with Crippen LogP contribution >= 0.6 is 11.8 Å². The maximum atomic E-state index is 12.5. The Morgan fingerprint density at radius 2 is 2.40 bits per heavy atom. The summed E-state index contributed by atoms with van der Waals surface area (Å²) in [6, 6.07) is -0.0171. The molecule has 1 saturated carbocycles. The molecule has 0 aromatic carbocycles. The van der Waals surface area contributed by atoms with Crippen molar-refractivity contribution in [3.8, 4) is 0 Å². The lowest BCUT2D eigenvalue weighted by Gasteiger charge is -2.23. The summed E-state index contributed by atoms with van der Waals surface area (Å²) in [4.78, 5) is 12.5. The van der Waals surface area contributed by atoms with Crippen LogP contribution in [0.1, 0.15) is 37.8 Å². The van der Waals surface area contributed by atoms with Crippen molar-refractivity contribution in [3.05, 3.63) is 18.0 Å². The van der Waals surface area contributed by atoms with Gasteiger partial charge in [-0.2, -0.15) is 16.9 Å². The van der Waals surface area contributed by atoms with Crippen molar-refractivity contribution in [2.45, 2.75) is 43.5 Å². The number of hydrogen-bond acceptors (Lipinski definition) is 4. The first-order chi connectivity index (χ1) is 9.65. The van der Waals surface area contributed by atoms with Crippen LogP contribution in [0.4, 0.5) is 0 Å². The number of aryl methyl sites for hydroxylation is 1. The third-order valence-electron chi connectivity index (χ3n) is 3.77. The molecule has 1 heterocycles. The average Bonchev–Trinajstić information content (AvgIpc) is 3.01. The van der Waals surface area contributed by atoms with Crippen LogP contribution in [0.5, 0.6) is 0 Å². The molecule has 1 aromatic rings. The molecule has 6 heteroatoms. The first-order valence-corrected chi connectivity index (χ1v) is 8.28. The fourth-order valence-electron chi connectivity index (χ4n) is 2.81. The second kappa shape index (κ2) is 7.13. The number of amides is 1. The van der Waals surface area contributed by atoms with Gasteiger partial charge < -0.3 is 10.6 Å². The van der Waals surface area contributed by atoms with Crippen LogP contribution in [0.2, 0.25) is 0 Å². The lowest BCUT2D eigenvalue weighted by Crippen LogP contribution is -2.44. The second-order valence-corrected chi connectivity index (χ2v) is 6.72. The van der Waals surface area contributed by atoms with E-state index in [2.05, 4.69) is 22.7 Å². The predicted octanol–water partition coefficient (Wildman–Crippen LogP) is 1.47. The maximum absolute atomic E-state index is 12.5. The Labute approximate surface area is 124 Å². The summed E-state index contributed by atoms with van der Waals surface area (Å²) in [7, 11) is 3.67. The summed E-state index contributed by atoms with van der Waals surface area (Å²) in [6.45, 7) is 2.17. The number of likely N-dealkylation sites (N-methyl/N-ethyl adjacent to an activating group) is 1. The third-order valence-corrected chi connectivity index (χ3v) is 5.10. The maximum Gasteiger partial charge on any atom is 0.242 e. The summed E-state index contributed by atoms with van der Waals surface area (Å²) >= 11 is 1.96. The minimum Gasteiger partial charge on any atom is -0.351 e. The fourth-order valence-corrected chi connectivity index (χ4v) is 4.01. The van der Waals surface area contributed by atoms with Gasteiger partial charge >= 0.3 is 0 Å². The number of hydrogen-bond donors (Lipinski definition) is 2. The van der Waals surface area contributed by atoms with E-state index in [9.17, 15) is 4.79 Å². The number of nitrogens with one attached hydrogen (secondary N) is 2. The zero-order valence-corrected chi connectivity index (χ0v) is 13.2. The molecule has 3 unspecified atom stereocenters. The second-order valence-electron chi connectivity index (χ2n) is 5.21. The highest BCUT2D eigenvalue weighted by molar-refractivity contribution is 7.99. The number of rotatable bonds is 6. The van der Waals surface area contributed by atoms with Gasteiger partial charge in [-0.25, -0.2) is 0 Å². The first-order valence-electron chi connectivity index (χ1n) is 7.23. The minimum atomic E-state index is -0.323. The monoisotopic (exact) mass is 296 g/mol. The molecule has 1 aliphatic carbocycles. The van der Waals surface area contributed by atoms with Gasteiger partial charge in [0, 0.05) is 30.1 Å². The van der Waals surface area contributed by atoms with Crippen LogP contribution in [0.3, 0.4) is 0 Å². The Kier molecular flexibility index (Phi) is 5.48.